The van der Waals surface area contributed by atoms with Crippen LogP contribution < -0.4 is 5.32 Å². The number of likely N-dealkylation sites (tertiary alicyclic amines) is 1. The molecule has 2 N–H and O–H groups in total. The van der Waals surface area contributed by atoms with Crippen LogP contribution in [0.15, 0.2) is 18.2 Å². The normalized spacial score (nSPS) is 21.7. The molecule has 3 rings (SSSR count). The molecule has 1 saturated heterocycles. The minimum Gasteiger partial charge on any atom is -0.506 e. The van der Waals surface area contributed by atoms with Crippen LogP contribution in [0.1, 0.15) is 31.2 Å². The number of nitrogens with zero attached hydrogens (tertiary/aromatic N) is 1. The summed E-state index contributed by atoms with van der Waals surface area (Å²) >= 11 is 5.91. The molecule has 2 aliphatic rings. The maximum Gasteiger partial charge on any atom is 0.138 e. The van der Waals surface area contributed by atoms with Crippen molar-refractivity contribution in [2.24, 2.45) is 0 Å². The molecule has 2 fully saturated rings. The average Bonchev–Trinajstić information content (AvgIpc) is 3.26. The van der Waals surface area contributed by atoms with Gasteiger partial charge in [-0.05, 0) is 44.8 Å². The molecule has 19 heavy (non-hydrogen) atoms. The van der Waals surface area contributed by atoms with Gasteiger partial charge in [-0.1, -0.05) is 23.7 Å². The maximum atomic E-state index is 9.87. The molecule has 0 atom stereocenters. The lowest BCUT2D eigenvalue weighted by atomic mass is 10.0. The summed E-state index contributed by atoms with van der Waals surface area (Å²) in [6.07, 6.45) is 5.21. The molecule has 0 unspecified atom stereocenters. The van der Waals surface area contributed by atoms with Crippen molar-refractivity contribution < 1.29 is 5.11 Å². The lowest BCUT2D eigenvalue weighted by molar-refractivity contribution is 0.189. The number of hydrogen-bond acceptors (Lipinski definition) is 3. The topological polar surface area (TPSA) is 35.5 Å². The monoisotopic (exact) mass is 280 g/mol. The van der Waals surface area contributed by atoms with Crippen LogP contribution in [0.25, 0.3) is 0 Å². The van der Waals surface area contributed by atoms with Crippen molar-refractivity contribution in [3.05, 3.63) is 28.8 Å². The van der Waals surface area contributed by atoms with Crippen LogP contribution in [0.2, 0.25) is 5.02 Å². The third kappa shape index (κ3) is 3.22. The number of rotatable bonds is 4. The fourth-order valence-corrected chi connectivity index (χ4v) is 3.06. The second kappa shape index (κ2) is 5.70. The van der Waals surface area contributed by atoms with E-state index in [-0.39, 0.29) is 5.75 Å². The number of halogens is 1. The van der Waals surface area contributed by atoms with Gasteiger partial charge in [0.1, 0.15) is 5.75 Å². The highest BCUT2D eigenvalue weighted by atomic mass is 35.5. The number of para-hydroxylation sites is 1. The van der Waals surface area contributed by atoms with Gasteiger partial charge in [-0.15, -0.1) is 0 Å². The first kappa shape index (κ1) is 13.2. The Hall–Kier alpha value is -0.770. The average molecular weight is 281 g/mol. The fourth-order valence-electron chi connectivity index (χ4n) is 2.87. The van der Waals surface area contributed by atoms with E-state index in [1.54, 1.807) is 6.07 Å². The van der Waals surface area contributed by atoms with Crippen molar-refractivity contribution in [2.45, 2.75) is 44.3 Å². The molecule has 0 amide bonds. The van der Waals surface area contributed by atoms with Crippen LogP contribution in [0.3, 0.4) is 0 Å². The fraction of sp³-hybridized carbons (Fsp3) is 0.600. The molecule has 1 aliphatic carbocycles. The Balaban J connectivity index is 1.48. The van der Waals surface area contributed by atoms with Crippen molar-refractivity contribution in [2.75, 3.05) is 13.1 Å². The lowest BCUT2D eigenvalue weighted by Crippen LogP contribution is -2.43. The molecule has 1 aromatic carbocycles. The standard InChI is InChI=1S/C15H21ClN2O/c16-14-3-1-2-11(15(14)19)10-17-12-6-8-18(9-7-12)13-4-5-13/h1-3,12-13,17,19H,4-10H2. The number of phenols is 1. The molecular formula is C15H21ClN2O. The SMILES string of the molecule is Oc1c(Cl)cccc1CNC1CCN(C2CC2)CC1. The number of aromatic hydroxyl groups is 1. The number of nitrogens with one attached hydrogen (secondary N) is 1. The highest BCUT2D eigenvalue weighted by Gasteiger charge is 2.31. The summed E-state index contributed by atoms with van der Waals surface area (Å²) in [7, 11) is 0. The summed E-state index contributed by atoms with van der Waals surface area (Å²) in [5.74, 6) is 0.215. The van der Waals surface area contributed by atoms with Crippen LogP contribution in [0.4, 0.5) is 0 Å². The summed E-state index contributed by atoms with van der Waals surface area (Å²) in [6, 6.07) is 6.97. The Kier molecular flexibility index (Phi) is 3.96. The van der Waals surface area contributed by atoms with Crippen molar-refractivity contribution in [1.82, 2.24) is 10.2 Å². The summed E-state index contributed by atoms with van der Waals surface area (Å²) in [5.41, 5.74) is 0.886. The van der Waals surface area contributed by atoms with Gasteiger partial charge in [0.15, 0.2) is 0 Å². The Morgan fingerprint density at radius 2 is 1.95 bits per heavy atom. The molecule has 1 saturated carbocycles. The third-order valence-electron chi connectivity index (χ3n) is 4.24. The smallest absolute Gasteiger partial charge is 0.138 e. The van der Waals surface area contributed by atoms with Gasteiger partial charge in [0.05, 0.1) is 5.02 Å². The van der Waals surface area contributed by atoms with E-state index in [1.165, 1.54) is 38.8 Å². The van der Waals surface area contributed by atoms with Crippen LogP contribution >= 0.6 is 11.6 Å². The molecule has 0 bridgehead atoms. The van der Waals surface area contributed by atoms with Crippen LogP contribution in [0, 0.1) is 0 Å². The third-order valence-corrected chi connectivity index (χ3v) is 4.55. The Morgan fingerprint density at radius 3 is 2.63 bits per heavy atom. The predicted octanol–water partition coefficient (Wildman–Crippen LogP) is 2.76. The lowest BCUT2D eigenvalue weighted by Gasteiger charge is -2.32. The van der Waals surface area contributed by atoms with Crippen molar-refractivity contribution in [1.29, 1.82) is 0 Å². The Morgan fingerprint density at radius 1 is 1.21 bits per heavy atom. The maximum absolute atomic E-state index is 9.87. The molecule has 0 spiro atoms. The van der Waals surface area contributed by atoms with Gasteiger partial charge in [-0.2, -0.15) is 0 Å². The Bertz CT molecular complexity index is 440. The second-order valence-corrected chi connectivity index (χ2v) is 6.08. The van der Waals surface area contributed by atoms with Crippen LogP contribution in [0.5, 0.6) is 5.75 Å². The van der Waals surface area contributed by atoms with Gasteiger partial charge in [0.25, 0.3) is 0 Å². The second-order valence-electron chi connectivity index (χ2n) is 5.67. The van der Waals surface area contributed by atoms with Gasteiger partial charge < -0.3 is 15.3 Å². The van der Waals surface area contributed by atoms with E-state index in [1.807, 2.05) is 12.1 Å². The van der Waals surface area contributed by atoms with E-state index in [0.717, 1.165) is 11.6 Å². The summed E-state index contributed by atoms with van der Waals surface area (Å²) in [4.78, 5) is 2.62. The van der Waals surface area contributed by atoms with E-state index in [2.05, 4.69) is 10.2 Å². The number of phenolic OH excluding ortho intramolecular Hbond substituents is 1. The van der Waals surface area contributed by atoms with Gasteiger partial charge in [0, 0.05) is 24.2 Å². The van der Waals surface area contributed by atoms with Gasteiger partial charge in [-0.25, -0.2) is 0 Å². The molecule has 1 aromatic rings. The van der Waals surface area contributed by atoms with E-state index < -0.39 is 0 Å². The number of benzene rings is 1. The number of hydrogen-bond donors (Lipinski definition) is 2. The number of piperidine rings is 1. The van der Waals surface area contributed by atoms with Crippen molar-refractivity contribution in [3.63, 3.8) is 0 Å². The predicted molar refractivity (Wildman–Crippen MR) is 77.6 cm³/mol. The quantitative estimate of drug-likeness (QED) is 0.890. The van der Waals surface area contributed by atoms with Crippen molar-refractivity contribution in [3.8, 4) is 5.75 Å². The van der Waals surface area contributed by atoms with Crippen molar-refractivity contribution >= 4 is 11.6 Å². The zero-order chi connectivity index (χ0) is 13.2. The van der Waals surface area contributed by atoms with E-state index in [0.29, 0.717) is 17.6 Å². The van der Waals surface area contributed by atoms with E-state index in [4.69, 9.17) is 11.6 Å². The minimum absolute atomic E-state index is 0.215. The zero-order valence-electron chi connectivity index (χ0n) is 11.1. The first-order chi connectivity index (χ1) is 9.24. The van der Waals surface area contributed by atoms with Crippen LogP contribution in [-0.4, -0.2) is 35.2 Å². The van der Waals surface area contributed by atoms with E-state index >= 15 is 0 Å². The highest BCUT2D eigenvalue weighted by Crippen LogP contribution is 2.30. The molecule has 3 nitrogen and oxygen atoms in total. The minimum atomic E-state index is 0.215. The van der Waals surface area contributed by atoms with E-state index in [9.17, 15) is 5.11 Å². The van der Waals surface area contributed by atoms with Gasteiger partial charge >= 0.3 is 0 Å². The largest absolute Gasteiger partial charge is 0.506 e. The molecule has 104 valence electrons. The van der Waals surface area contributed by atoms with Crippen LogP contribution in [-0.2, 0) is 6.54 Å². The van der Waals surface area contributed by atoms with Gasteiger partial charge in [0.2, 0.25) is 0 Å². The van der Waals surface area contributed by atoms with Gasteiger partial charge in [-0.3, -0.25) is 0 Å². The first-order valence-corrected chi connectivity index (χ1v) is 7.55. The summed E-state index contributed by atoms with van der Waals surface area (Å²) < 4.78 is 0. The molecule has 0 radical (unpaired) electrons. The molecule has 4 heteroatoms. The molecular weight excluding hydrogens is 260 g/mol. The summed E-state index contributed by atoms with van der Waals surface area (Å²) in [5, 5.41) is 13.8. The highest BCUT2D eigenvalue weighted by molar-refractivity contribution is 6.32. The first-order valence-electron chi connectivity index (χ1n) is 7.18. The zero-order valence-corrected chi connectivity index (χ0v) is 11.9. The molecule has 1 aliphatic heterocycles. The Labute approximate surface area is 119 Å². The summed E-state index contributed by atoms with van der Waals surface area (Å²) in [6.45, 7) is 3.12. The molecule has 1 heterocycles. The molecule has 0 aromatic heterocycles.